The van der Waals surface area contributed by atoms with Gasteiger partial charge in [-0.25, -0.2) is 17.8 Å². The monoisotopic (exact) mass is 415 g/mol. The van der Waals surface area contributed by atoms with Gasteiger partial charge in [-0.1, -0.05) is 6.92 Å². The third-order valence-electron chi connectivity index (χ3n) is 3.89. The zero-order valence-electron chi connectivity index (χ0n) is 14.4. The van der Waals surface area contributed by atoms with Gasteiger partial charge in [0.2, 0.25) is 10.0 Å². The molecule has 2 heterocycles. The van der Waals surface area contributed by atoms with E-state index >= 15 is 0 Å². The molecular weight excluding hydrogens is 397 g/mol. The molecule has 7 nitrogen and oxygen atoms in total. The summed E-state index contributed by atoms with van der Waals surface area (Å²) in [6.07, 6.45) is -2.50. The number of hydrogen-bond acceptors (Lipinski definition) is 4. The lowest BCUT2D eigenvalue weighted by Gasteiger charge is -2.17. The quantitative estimate of drug-likeness (QED) is 0.672. The van der Waals surface area contributed by atoms with E-state index in [4.69, 9.17) is 0 Å². The lowest BCUT2D eigenvalue weighted by atomic mass is 10.1. The second-order valence-electron chi connectivity index (χ2n) is 5.80. The molecule has 2 rings (SSSR count). The summed E-state index contributed by atoms with van der Waals surface area (Å²) < 4.78 is 91.1. The van der Waals surface area contributed by atoms with Gasteiger partial charge in [0.15, 0.2) is 5.69 Å². The van der Waals surface area contributed by atoms with Crippen LogP contribution in [0.4, 0.5) is 22.0 Å². The summed E-state index contributed by atoms with van der Waals surface area (Å²) in [5.74, 6) is 0. The van der Waals surface area contributed by atoms with Crippen LogP contribution in [0.2, 0.25) is 0 Å². The van der Waals surface area contributed by atoms with Gasteiger partial charge in [-0.2, -0.15) is 32.1 Å². The highest BCUT2D eigenvalue weighted by molar-refractivity contribution is 7.89. The highest BCUT2D eigenvalue weighted by Crippen LogP contribution is 2.30. The van der Waals surface area contributed by atoms with Crippen LogP contribution in [-0.2, 0) is 16.2 Å². The van der Waals surface area contributed by atoms with Crippen LogP contribution in [-0.4, -0.2) is 34.5 Å². The minimum absolute atomic E-state index is 0.110. The van der Waals surface area contributed by atoms with E-state index in [0.29, 0.717) is 18.3 Å². The Hall–Kier alpha value is -2.02. The standard InChI is InChI=1S/C14H18F5N5O2S/c1-3-10(24-9(2)6-12(22-24)14(17,18)19)4-5-21-27(25,26)11-7-20-23(8-11)13(15)16/h6-8,10,13,21H,3-5H2,1-2H3/t10-/m1/s1. The van der Waals surface area contributed by atoms with Crippen molar-refractivity contribution in [1.29, 1.82) is 0 Å². The predicted molar refractivity (Wildman–Crippen MR) is 84.6 cm³/mol. The molecule has 0 saturated heterocycles. The normalized spacial score (nSPS) is 14.1. The van der Waals surface area contributed by atoms with Crippen LogP contribution >= 0.6 is 0 Å². The molecule has 0 aromatic carbocycles. The Morgan fingerprint density at radius 2 is 1.96 bits per heavy atom. The largest absolute Gasteiger partial charge is 0.435 e. The van der Waals surface area contributed by atoms with Gasteiger partial charge in [0.05, 0.1) is 18.4 Å². The van der Waals surface area contributed by atoms with Crippen LogP contribution in [0.1, 0.15) is 43.7 Å². The second kappa shape index (κ2) is 7.92. The van der Waals surface area contributed by atoms with Crippen molar-refractivity contribution in [1.82, 2.24) is 24.3 Å². The van der Waals surface area contributed by atoms with E-state index in [0.717, 1.165) is 12.3 Å². The molecule has 0 unspecified atom stereocenters. The van der Waals surface area contributed by atoms with Crippen molar-refractivity contribution < 1.29 is 30.4 Å². The van der Waals surface area contributed by atoms with Crippen LogP contribution < -0.4 is 4.72 Å². The second-order valence-corrected chi connectivity index (χ2v) is 7.56. The van der Waals surface area contributed by atoms with Gasteiger partial charge in [0.1, 0.15) is 4.90 Å². The molecule has 0 aliphatic heterocycles. The first-order valence-corrected chi connectivity index (χ1v) is 9.39. The number of nitrogens with one attached hydrogen (secondary N) is 1. The van der Waals surface area contributed by atoms with E-state index in [2.05, 4.69) is 14.9 Å². The number of halogens is 5. The maximum Gasteiger partial charge on any atom is 0.435 e. The summed E-state index contributed by atoms with van der Waals surface area (Å²) >= 11 is 0. The molecule has 0 aliphatic rings. The van der Waals surface area contributed by atoms with Crippen LogP contribution in [0.15, 0.2) is 23.4 Å². The molecule has 0 saturated carbocycles. The van der Waals surface area contributed by atoms with Crippen LogP contribution in [0.5, 0.6) is 0 Å². The molecule has 0 radical (unpaired) electrons. The smallest absolute Gasteiger partial charge is 0.266 e. The molecular formula is C14H18F5N5O2S. The average molecular weight is 415 g/mol. The van der Waals surface area contributed by atoms with Gasteiger partial charge < -0.3 is 0 Å². The van der Waals surface area contributed by atoms with E-state index in [9.17, 15) is 30.4 Å². The van der Waals surface area contributed by atoms with E-state index in [1.807, 2.05) is 0 Å². The van der Waals surface area contributed by atoms with Gasteiger partial charge >= 0.3 is 12.7 Å². The highest BCUT2D eigenvalue weighted by atomic mass is 32.2. The zero-order valence-corrected chi connectivity index (χ0v) is 15.2. The van der Waals surface area contributed by atoms with Crippen molar-refractivity contribution in [2.75, 3.05) is 6.54 Å². The first kappa shape index (κ1) is 21.3. The minimum atomic E-state index is -4.57. The number of hydrogen-bond donors (Lipinski definition) is 1. The molecule has 1 atom stereocenters. The van der Waals surface area contributed by atoms with Crippen molar-refractivity contribution in [3.63, 3.8) is 0 Å². The Morgan fingerprint density at radius 3 is 2.44 bits per heavy atom. The molecule has 0 bridgehead atoms. The van der Waals surface area contributed by atoms with E-state index in [-0.39, 0.29) is 17.6 Å². The van der Waals surface area contributed by atoms with Crippen LogP contribution in [0, 0.1) is 6.92 Å². The lowest BCUT2D eigenvalue weighted by molar-refractivity contribution is -0.141. The number of nitrogens with zero attached hydrogens (tertiary/aromatic N) is 4. The molecule has 2 aromatic heterocycles. The maximum absolute atomic E-state index is 12.8. The summed E-state index contributed by atoms with van der Waals surface area (Å²) in [6.45, 7) is 0.138. The first-order valence-electron chi connectivity index (χ1n) is 7.91. The predicted octanol–water partition coefficient (Wildman–Crippen LogP) is 3.12. The molecule has 2 aromatic rings. The fraction of sp³-hybridized carbons (Fsp3) is 0.571. The van der Waals surface area contributed by atoms with Crippen molar-refractivity contribution in [2.24, 2.45) is 0 Å². The Morgan fingerprint density at radius 1 is 1.30 bits per heavy atom. The highest BCUT2D eigenvalue weighted by Gasteiger charge is 2.35. The molecule has 152 valence electrons. The molecule has 0 aliphatic carbocycles. The lowest BCUT2D eigenvalue weighted by Crippen LogP contribution is -2.27. The number of sulfonamides is 1. The summed E-state index contributed by atoms with van der Waals surface area (Å²) in [5.41, 5.74) is -0.714. The molecule has 0 amide bonds. The first-order chi connectivity index (χ1) is 12.5. The maximum atomic E-state index is 12.8. The SMILES string of the molecule is CC[C@H](CCNS(=O)(=O)c1cnn(C(F)F)c1)n1nc(C(F)(F)F)cc1C. The Bertz CT molecular complexity index is 875. The Kier molecular flexibility index (Phi) is 6.24. The summed E-state index contributed by atoms with van der Waals surface area (Å²) in [7, 11) is -4.06. The summed E-state index contributed by atoms with van der Waals surface area (Å²) in [5, 5.41) is 6.82. The number of aromatic nitrogens is 4. The summed E-state index contributed by atoms with van der Waals surface area (Å²) in [4.78, 5) is -0.425. The summed E-state index contributed by atoms with van der Waals surface area (Å²) in [6, 6.07) is 0.457. The molecule has 1 N–H and O–H groups in total. The Balaban J connectivity index is 2.05. The van der Waals surface area contributed by atoms with Gasteiger partial charge in [-0.3, -0.25) is 4.68 Å². The number of rotatable bonds is 8. The average Bonchev–Trinajstić information content (AvgIpc) is 3.18. The van der Waals surface area contributed by atoms with Crippen molar-refractivity contribution in [3.8, 4) is 0 Å². The van der Waals surface area contributed by atoms with E-state index < -0.39 is 39.4 Å². The van der Waals surface area contributed by atoms with Gasteiger partial charge in [-0.05, 0) is 25.8 Å². The van der Waals surface area contributed by atoms with Crippen molar-refractivity contribution >= 4 is 10.0 Å². The minimum Gasteiger partial charge on any atom is -0.266 e. The number of aryl methyl sites for hydroxylation is 1. The Labute approximate surface area is 152 Å². The van der Waals surface area contributed by atoms with Gasteiger partial charge in [0.25, 0.3) is 0 Å². The van der Waals surface area contributed by atoms with E-state index in [1.54, 1.807) is 6.92 Å². The van der Waals surface area contributed by atoms with Gasteiger partial charge in [-0.15, -0.1) is 0 Å². The molecule has 0 spiro atoms. The fourth-order valence-electron chi connectivity index (χ4n) is 2.50. The van der Waals surface area contributed by atoms with Crippen molar-refractivity contribution in [3.05, 3.63) is 29.8 Å². The molecule has 27 heavy (non-hydrogen) atoms. The zero-order chi connectivity index (χ0) is 20.4. The van der Waals surface area contributed by atoms with E-state index in [1.165, 1.54) is 11.6 Å². The third kappa shape index (κ3) is 5.03. The topological polar surface area (TPSA) is 81.8 Å². The van der Waals surface area contributed by atoms with Crippen LogP contribution in [0.3, 0.4) is 0 Å². The molecule has 13 heteroatoms. The van der Waals surface area contributed by atoms with Gasteiger partial charge in [0, 0.05) is 12.2 Å². The fourth-order valence-corrected chi connectivity index (χ4v) is 3.49. The van der Waals surface area contributed by atoms with Crippen molar-refractivity contribution in [2.45, 2.75) is 50.4 Å². The van der Waals surface area contributed by atoms with Crippen LogP contribution in [0.25, 0.3) is 0 Å². The third-order valence-corrected chi connectivity index (χ3v) is 5.30. The number of alkyl halides is 5. The molecule has 0 fully saturated rings.